The minimum Gasteiger partial charge on any atom is -0.478 e. The van der Waals surface area contributed by atoms with E-state index >= 15 is 0 Å². The van der Waals surface area contributed by atoms with Crippen LogP contribution in [0.5, 0.6) is 0 Å². The lowest BCUT2D eigenvalue weighted by molar-refractivity contribution is 0.0486. The molecule has 1 fully saturated rings. The van der Waals surface area contributed by atoms with E-state index in [4.69, 9.17) is 21.4 Å². The molecule has 26 heavy (non-hydrogen) atoms. The first-order valence-electron chi connectivity index (χ1n) is 8.31. The summed E-state index contributed by atoms with van der Waals surface area (Å²) in [4.78, 5) is 27.5. The summed E-state index contributed by atoms with van der Waals surface area (Å²) < 4.78 is 5.49. The molecule has 2 N–H and O–H groups in total. The zero-order valence-corrected chi connectivity index (χ0v) is 14.8. The maximum Gasteiger partial charge on any atom is 0.335 e. The van der Waals surface area contributed by atoms with Gasteiger partial charge in [0.05, 0.1) is 5.56 Å². The lowest BCUT2D eigenvalue weighted by Crippen LogP contribution is -2.44. The third kappa shape index (κ3) is 4.03. The van der Waals surface area contributed by atoms with E-state index in [-0.39, 0.29) is 16.7 Å². The van der Waals surface area contributed by atoms with Crippen LogP contribution in [0, 0.1) is 0 Å². The van der Waals surface area contributed by atoms with Crippen molar-refractivity contribution in [2.45, 2.75) is 18.3 Å². The fourth-order valence-electron chi connectivity index (χ4n) is 3.18. The third-order valence-corrected chi connectivity index (χ3v) is 4.95. The van der Waals surface area contributed by atoms with Crippen LogP contribution in [0.1, 0.15) is 39.3 Å². The largest absolute Gasteiger partial charge is 0.478 e. The molecule has 1 aliphatic heterocycles. The van der Waals surface area contributed by atoms with E-state index < -0.39 is 11.9 Å². The summed E-state index contributed by atoms with van der Waals surface area (Å²) in [6.45, 7) is 1.61. The molecule has 2 aromatic rings. The molecule has 2 heterocycles. The maximum atomic E-state index is 12.5. The number of carboxylic acids is 1. The van der Waals surface area contributed by atoms with Crippen molar-refractivity contribution < 1.29 is 19.4 Å². The highest BCUT2D eigenvalue weighted by Crippen LogP contribution is 2.35. The molecule has 1 saturated heterocycles. The molecule has 3 rings (SSSR count). The Hall–Kier alpha value is -2.44. The molecule has 0 spiro atoms. The number of aromatic carboxylic acids is 1. The van der Waals surface area contributed by atoms with Gasteiger partial charge in [0.15, 0.2) is 0 Å². The van der Waals surface area contributed by atoms with E-state index in [1.807, 2.05) is 24.3 Å². The van der Waals surface area contributed by atoms with Crippen molar-refractivity contribution in [3.8, 4) is 0 Å². The summed E-state index contributed by atoms with van der Waals surface area (Å²) in [6.07, 6.45) is 2.84. The molecule has 7 heteroatoms. The molecule has 6 nitrogen and oxygen atoms in total. The number of nitrogens with one attached hydrogen (secondary N) is 1. The third-order valence-electron chi connectivity index (χ3n) is 4.71. The molecular weight excluding hydrogens is 356 g/mol. The molecule has 1 aromatic heterocycles. The average molecular weight is 375 g/mol. The lowest BCUT2D eigenvalue weighted by atomic mass is 9.74. The van der Waals surface area contributed by atoms with Crippen LogP contribution in [0.3, 0.4) is 0 Å². The van der Waals surface area contributed by atoms with Gasteiger partial charge in [-0.15, -0.1) is 0 Å². The van der Waals surface area contributed by atoms with Gasteiger partial charge in [-0.05, 0) is 42.7 Å². The van der Waals surface area contributed by atoms with Crippen LogP contribution in [0.25, 0.3) is 0 Å². The molecule has 0 radical (unpaired) electrons. The Morgan fingerprint density at radius 1 is 1.23 bits per heavy atom. The Bertz CT molecular complexity index is 819. The monoisotopic (exact) mass is 374 g/mol. The van der Waals surface area contributed by atoms with Crippen LogP contribution in [0.2, 0.25) is 5.02 Å². The van der Waals surface area contributed by atoms with Crippen molar-refractivity contribution in [3.63, 3.8) is 0 Å². The number of amides is 1. The molecular formula is C19H19ClN2O4. The van der Waals surface area contributed by atoms with Gasteiger partial charge in [0.25, 0.3) is 5.91 Å². The summed E-state index contributed by atoms with van der Waals surface area (Å²) in [7, 11) is 0. The number of ether oxygens (including phenoxy) is 1. The first-order chi connectivity index (χ1) is 12.5. The fourth-order valence-corrected chi connectivity index (χ4v) is 3.37. The van der Waals surface area contributed by atoms with Crippen LogP contribution in [-0.2, 0) is 10.2 Å². The highest BCUT2D eigenvalue weighted by Gasteiger charge is 2.35. The summed E-state index contributed by atoms with van der Waals surface area (Å²) in [6, 6.07) is 10.3. The second-order valence-corrected chi connectivity index (χ2v) is 6.76. The molecule has 0 aliphatic carbocycles. The van der Waals surface area contributed by atoms with Crippen molar-refractivity contribution >= 4 is 23.5 Å². The topological polar surface area (TPSA) is 88.5 Å². The average Bonchev–Trinajstić information content (AvgIpc) is 2.67. The molecule has 136 valence electrons. The predicted octanol–water partition coefficient (Wildman–Crippen LogP) is 2.91. The normalized spacial score (nSPS) is 16.0. The van der Waals surface area contributed by atoms with E-state index in [2.05, 4.69) is 10.3 Å². The number of carbonyl (C=O) groups is 2. The van der Waals surface area contributed by atoms with Gasteiger partial charge in [-0.3, -0.25) is 9.78 Å². The minimum absolute atomic E-state index is 0.0285. The van der Waals surface area contributed by atoms with Gasteiger partial charge in [0.1, 0.15) is 5.69 Å². The Balaban J connectivity index is 1.79. The quantitative estimate of drug-likeness (QED) is 0.840. The van der Waals surface area contributed by atoms with E-state index in [9.17, 15) is 9.59 Å². The van der Waals surface area contributed by atoms with Crippen LogP contribution in [0.15, 0.2) is 42.6 Å². The van der Waals surface area contributed by atoms with Crippen molar-refractivity contribution in [3.05, 3.63) is 64.4 Å². The molecule has 1 aromatic carbocycles. The zero-order valence-electron chi connectivity index (χ0n) is 14.1. The Morgan fingerprint density at radius 3 is 2.69 bits per heavy atom. The predicted molar refractivity (Wildman–Crippen MR) is 96.7 cm³/mol. The van der Waals surface area contributed by atoms with E-state index in [1.54, 1.807) is 0 Å². The van der Waals surface area contributed by atoms with Gasteiger partial charge in [-0.1, -0.05) is 23.7 Å². The van der Waals surface area contributed by atoms with Crippen molar-refractivity contribution in [1.29, 1.82) is 0 Å². The smallest absolute Gasteiger partial charge is 0.335 e. The number of hydrogen-bond acceptors (Lipinski definition) is 4. The summed E-state index contributed by atoms with van der Waals surface area (Å²) in [5.41, 5.74) is 0.892. The molecule has 0 atom stereocenters. The highest BCUT2D eigenvalue weighted by molar-refractivity contribution is 6.30. The molecule has 0 unspecified atom stereocenters. The van der Waals surface area contributed by atoms with Gasteiger partial charge in [-0.25, -0.2) is 4.79 Å². The SMILES string of the molecule is O=C(O)c1ccnc(C(=O)NCC2(c3cccc(Cl)c3)CCOCC2)c1. The van der Waals surface area contributed by atoms with Gasteiger partial charge >= 0.3 is 5.97 Å². The Morgan fingerprint density at radius 2 is 2.00 bits per heavy atom. The van der Waals surface area contributed by atoms with Gasteiger partial charge in [0.2, 0.25) is 0 Å². The highest BCUT2D eigenvalue weighted by atomic mass is 35.5. The number of nitrogens with zero attached hydrogens (tertiary/aromatic N) is 1. The number of aromatic nitrogens is 1. The zero-order chi connectivity index (χ0) is 18.6. The van der Waals surface area contributed by atoms with Crippen LogP contribution < -0.4 is 5.32 Å². The van der Waals surface area contributed by atoms with Gasteiger partial charge in [-0.2, -0.15) is 0 Å². The molecule has 1 aliphatic rings. The number of carbonyl (C=O) groups excluding carboxylic acids is 1. The van der Waals surface area contributed by atoms with Gasteiger partial charge < -0.3 is 15.2 Å². The molecule has 0 bridgehead atoms. The van der Waals surface area contributed by atoms with E-state index in [1.165, 1.54) is 18.3 Å². The number of carboxylic acid groups (broad SMARTS) is 1. The summed E-state index contributed by atoms with van der Waals surface area (Å²) in [5, 5.41) is 12.6. The minimum atomic E-state index is -1.10. The van der Waals surface area contributed by atoms with Crippen molar-refractivity contribution in [1.82, 2.24) is 10.3 Å². The number of hydrogen-bond donors (Lipinski definition) is 2. The number of rotatable bonds is 5. The first-order valence-corrected chi connectivity index (χ1v) is 8.69. The first kappa shape index (κ1) is 18.4. The van der Waals surface area contributed by atoms with Crippen LogP contribution in [0.4, 0.5) is 0 Å². The number of pyridine rings is 1. The Labute approximate surface area is 156 Å². The van der Waals surface area contributed by atoms with Crippen molar-refractivity contribution in [2.75, 3.05) is 19.8 Å². The standard InChI is InChI=1S/C19H19ClN2O4/c20-15-3-1-2-14(11-15)19(5-8-26-9-6-19)12-22-17(23)16-10-13(18(24)25)4-7-21-16/h1-4,7,10-11H,5-6,8-9,12H2,(H,22,23)(H,24,25). The van der Waals surface area contributed by atoms with E-state index in [0.717, 1.165) is 18.4 Å². The molecule has 1 amide bonds. The lowest BCUT2D eigenvalue weighted by Gasteiger charge is -2.38. The maximum absolute atomic E-state index is 12.5. The van der Waals surface area contributed by atoms with Gasteiger partial charge in [0, 0.05) is 36.4 Å². The second kappa shape index (κ2) is 7.85. The summed E-state index contributed by atoms with van der Waals surface area (Å²) >= 11 is 6.15. The van der Waals surface area contributed by atoms with Crippen LogP contribution in [-0.4, -0.2) is 41.7 Å². The van der Waals surface area contributed by atoms with Crippen LogP contribution >= 0.6 is 11.6 Å². The van der Waals surface area contributed by atoms with Crippen molar-refractivity contribution in [2.24, 2.45) is 0 Å². The number of benzene rings is 1. The van der Waals surface area contributed by atoms with E-state index in [0.29, 0.717) is 24.8 Å². The molecule has 0 saturated carbocycles. The second-order valence-electron chi connectivity index (χ2n) is 6.32. The Kier molecular flexibility index (Phi) is 5.54. The fraction of sp³-hybridized carbons (Fsp3) is 0.316. The number of halogens is 1. The summed E-state index contributed by atoms with van der Waals surface area (Å²) in [5.74, 6) is -1.50.